The Balaban J connectivity index is 1.63. The zero-order valence-corrected chi connectivity index (χ0v) is 19.9. The lowest BCUT2D eigenvalue weighted by molar-refractivity contribution is -0.384. The number of non-ortho nitro benzene ring substituents is 1. The van der Waals surface area contributed by atoms with Gasteiger partial charge >= 0.3 is 0 Å². The van der Waals surface area contributed by atoms with Crippen molar-refractivity contribution in [1.82, 2.24) is 9.88 Å². The van der Waals surface area contributed by atoms with Gasteiger partial charge in [-0.3, -0.25) is 29.6 Å². The highest BCUT2D eigenvalue weighted by Gasteiger charge is 2.69. The number of hydrogen-bond acceptors (Lipinski definition) is 6. The second kappa shape index (κ2) is 8.34. The Hall–Kier alpha value is -3.91. The molecule has 3 aliphatic rings. The van der Waals surface area contributed by atoms with Crippen molar-refractivity contribution in [2.45, 2.75) is 43.7 Å². The number of nitro benzene ring substituents is 1. The van der Waals surface area contributed by atoms with Crippen LogP contribution >= 0.6 is 0 Å². The molecule has 1 spiro atoms. The van der Waals surface area contributed by atoms with Crippen LogP contribution in [0.3, 0.4) is 0 Å². The fourth-order valence-electron chi connectivity index (χ4n) is 6.71. The maximum absolute atomic E-state index is 14.3. The minimum atomic E-state index is -1.20. The van der Waals surface area contributed by atoms with E-state index < -0.39 is 22.3 Å². The van der Waals surface area contributed by atoms with Gasteiger partial charge in [-0.1, -0.05) is 37.3 Å². The first-order valence-corrected chi connectivity index (χ1v) is 12.4. The second-order valence-electron chi connectivity index (χ2n) is 9.79. The summed E-state index contributed by atoms with van der Waals surface area (Å²) in [5, 5.41) is 14.7. The molecule has 2 saturated heterocycles. The number of hydrogen-bond donors (Lipinski definition) is 1. The molecular formula is C28H26N4O4. The summed E-state index contributed by atoms with van der Waals surface area (Å²) in [5.74, 6) is -1.61. The van der Waals surface area contributed by atoms with Crippen molar-refractivity contribution in [3.63, 3.8) is 0 Å². The van der Waals surface area contributed by atoms with Gasteiger partial charge in [0.1, 0.15) is 11.2 Å². The molecule has 1 aromatic heterocycles. The third-order valence-electron chi connectivity index (χ3n) is 8.14. The summed E-state index contributed by atoms with van der Waals surface area (Å²) in [5.41, 5.74) is 2.41. The standard InChI is InChI=1S/C28H26N4O4/c1-2-17-11-12-21-20(15-17)28(27(34)30-21)25(26(33)22-9-3-4-13-29-22)24(23-10-6-14-31(23)28)18-7-5-8-19(16-18)32(35)36/h3-5,7-9,11-13,15-16,23-25H,2,6,10,14H2,1H3,(H,30,34)/t23?,24?,25?,28-/m1/s1. The van der Waals surface area contributed by atoms with Crippen LogP contribution in [0, 0.1) is 16.0 Å². The number of aryl methyl sites for hydroxylation is 1. The van der Waals surface area contributed by atoms with Gasteiger partial charge in [0.15, 0.2) is 5.78 Å². The number of benzene rings is 2. The molecule has 4 atom stereocenters. The highest BCUT2D eigenvalue weighted by atomic mass is 16.6. The number of rotatable bonds is 5. The molecule has 3 unspecified atom stereocenters. The van der Waals surface area contributed by atoms with Gasteiger partial charge in [-0.2, -0.15) is 0 Å². The van der Waals surface area contributed by atoms with E-state index in [0.29, 0.717) is 17.8 Å². The Morgan fingerprint density at radius 1 is 1.19 bits per heavy atom. The third kappa shape index (κ3) is 3.07. The first-order chi connectivity index (χ1) is 17.5. The monoisotopic (exact) mass is 482 g/mol. The summed E-state index contributed by atoms with van der Waals surface area (Å²) in [4.78, 5) is 46.2. The molecule has 3 aliphatic heterocycles. The minimum Gasteiger partial charge on any atom is -0.324 e. The van der Waals surface area contributed by atoms with E-state index in [1.54, 1.807) is 36.5 Å². The Bertz CT molecular complexity index is 1390. The molecule has 36 heavy (non-hydrogen) atoms. The number of carbonyl (C=O) groups is 2. The van der Waals surface area contributed by atoms with E-state index >= 15 is 0 Å². The van der Waals surface area contributed by atoms with Gasteiger partial charge in [0.05, 0.1) is 10.8 Å². The SMILES string of the molecule is CCc1ccc2c(c1)[C@]1(C(=O)N2)C(C(=O)c2ccccn2)C(c2cccc([N+](=O)[O-])c2)C2CCCN21. The van der Waals surface area contributed by atoms with Gasteiger partial charge in [-0.05, 0) is 55.1 Å². The summed E-state index contributed by atoms with van der Waals surface area (Å²) in [6, 6.07) is 17.6. The molecule has 0 aliphatic carbocycles. The number of fused-ring (bicyclic) bond motifs is 4. The van der Waals surface area contributed by atoms with E-state index in [1.165, 1.54) is 6.07 Å². The van der Waals surface area contributed by atoms with Crippen molar-refractivity contribution < 1.29 is 14.5 Å². The van der Waals surface area contributed by atoms with Crippen molar-refractivity contribution in [3.05, 3.63) is 99.4 Å². The van der Waals surface area contributed by atoms with E-state index in [2.05, 4.69) is 28.2 Å². The lowest BCUT2D eigenvalue weighted by atomic mass is 9.69. The van der Waals surface area contributed by atoms with Gasteiger partial charge in [0, 0.05) is 41.5 Å². The van der Waals surface area contributed by atoms with E-state index in [0.717, 1.165) is 36.1 Å². The van der Waals surface area contributed by atoms with Crippen LogP contribution in [0.15, 0.2) is 66.9 Å². The van der Waals surface area contributed by atoms with Crippen molar-refractivity contribution in [1.29, 1.82) is 0 Å². The molecule has 3 aromatic rings. The predicted octanol–water partition coefficient (Wildman–Crippen LogP) is 4.46. The number of nitrogens with one attached hydrogen (secondary N) is 1. The molecular weight excluding hydrogens is 456 g/mol. The molecule has 182 valence electrons. The smallest absolute Gasteiger partial charge is 0.269 e. The quantitative estimate of drug-likeness (QED) is 0.327. The number of nitro groups is 1. The van der Waals surface area contributed by atoms with Crippen molar-refractivity contribution in [2.24, 2.45) is 5.92 Å². The number of carbonyl (C=O) groups excluding carboxylic acids is 2. The third-order valence-corrected chi connectivity index (χ3v) is 8.14. The topological polar surface area (TPSA) is 105 Å². The van der Waals surface area contributed by atoms with Crippen LogP contribution in [0.25, 0.3) is 0 Å². The lowest BCUT2D eigenvalue weighted by Gasteiger charge is -2.36. The number of aromatic nitrogens is 1. The summed E-state index contributed by atoms with van der Waals surface area (Å²) in [7, 11) is 0. The summed E-state index contributed by atoms with van der Waals surface area (Å²) < 4.78 is 0. The van der Waals surface area contributed by atoms with Crippen LogP contribution in [0.1, 0.15) is 52.9 Å². The fraction of sp³-hybridized carbons (Fsp3) is 0.321. The van der Waals surface area contributed by atoms with E-state index in [1.807, 2.05) is 18.2 Å². The summed E-state index contributed by atoms with van der Waals surface area (Å²) in [6.07, 6.45) is 4.07. The second-order valence-corrected chi connectivity index (χ2v) is 9.79. The Morgan fingerprint density at radius 3 is 2.81 bits per heavy atom. The number of Topliss-reactive ketones (excluding diaryl/α,β-unsaturated/α-hetero) is 1. The van der Waals surface area contributed by atoms with Gasteiger partial charge in [-0.25, -0.2) is 0 Å². The molecule has 1 N–H and O–H groups in total. The van der Waals surface area contributed by atoms with Crippen molar-refractivity contribution in [3.8, 4) is 0 Å². The molecule has 8 nitrogen and oxygen atoms in total. The van der Waals surface area contributed by atoms with E-state index in [-0.39, 0.29) is 23.4 Å². The van der Waals surface area contributed by atoms with Gasteiger partial charge in [0.25, 0.3) is 5.69 Å². The molecule has 2 fully saturated rings. The minimum absolute atomic E-state index is 0.0217. The Kier molecular flexibility index (Phi) is 5.22. The largest absolute Gasteiger partial charge is 0.324 e. The first-order valence-electron chi connectivity index (χ1n) is 12.4. The molecule has 6 rings (SSSR count). The molecule has 1 amide bonds. The molecule has 2 aromatic carbocycles. The van der Waals surface area contributed by atoms with Crippen LogP contribution in [-0.4, -0.2) is 39.1 Å². The van der Waals surface area contributed by atoms with Crippen molar-refractivity contribution >= 4 is 23.1 Å². The first kappa shape index (κ1) is 22.5. The molecule has 0 saturated carbocycles. The Morgan fingerprint density at radius 2 is 2.06 bits per heavy atom. The highest BCUT2D eigenvalue weighted by molar-refractivity contribution is 6.12. The van der Waals surface area contributed by atoms with Crippen molar-refractivity contribution in [2.75, 3.05) is 11.9 Å². The number of pyridine rings is 1. The maximum Gasteiger partial charge on any atom is 0.269 e. The fourth-order valence-corrected chi connectivity index (χ4v) is 6.71. The van der Waals surface area contributed by atoms with Crippen LogP contribution in [0.2, 0.25) is 0 Å². The highest BCUT2D eigenvalue weighted by Crippen LogP contribution is 2.61. The number of amides is 1. The van der Waals surface area contributed by atoms with E-state index in [9.17, 15) is 19.7 Å². The van der Waals surface area contributed by atoms with E-state index in [4.69, 9.17) is 0 Å². The summed E-state index contributed by atoms with van der Waals surface area (Å²) in [6.45, 7) is 2.74. The van der Waals surface area contributed by atoms with Gasteiger partial charge in [0.2, 0.25) is 5.91 Å². The number of nitrogens with zero attached hydrogens (tertiary/aromatic N) is 3. The van der Waals surface area contributed by atoms with Gasteiger partial charge in [-0.15, -0.1) is 0 Å². The zero-order valence-electron chi connectivity index (χ0n) is 19.9. The number of anilines is 1. The molecule has 8 heteroatoms. The zero-order chi connectivity index (χ0) is 25.0. The average Bonchev–Trinajstić information content (AvgIpc) is 3.57. The lowest BCUT2D eigenvalue weighted by Crippen LogP contribution is -2.53. The Labute approximate surface area is 208 Å². The normalized spacial score (nSPS) is 26.6. The van der Waals surface area contributed by atoms with Gasteiger partial charge < -0.3 is 5.32 Å². The predicted molar refractivity (Wildman–Crippen MR) is 134 cm³/mol. The number of ketones is 1. The molecule has 0 bridgehead atoms. The van der Waals surface area contributed by atoms with Crippen LogP contribution in [0.4, 0.5) is 11.4 Å². The van der Waals surface area contributed by atoms with Crippen LogP contribution in [-0.2, 0) is 16.8 Å². The van der Waals surface area contributed by atoms with Crippen LogP contribution < -0.4 is 5.32 Å². The molecule has 4 heterocycles. The molecule has 0 radical (unpaired) electrons. The summed E-state index contributed by atoms with van der Waals surface area (Å²) >= 11 is 0. The maximum atomic E-state index is 14.3. The average molecular weight is 483 g/mol. The van der Waals surface area contributed by atoms with Crippen LogP contribution in [0.5, 0.6) is 0 Å².